The highest BCUT2D eigenvalue weighted by atomic mass is 32.2. The molecular formula is C9H17NO3S. The molecule has 0 radical (unpaired) electrons. The molecular weight excluding hydrogens is 202 g/mol. The number of ether oxygens (including phenoxy) is 1. The van der Waals surface area contributed by atoms with E-state index in [2.05, 4.69) is 11.9 Å². The first-order valence-electron chi connectivity index (χ1n) is 4.78. The summed E-state index contributed by atoms with van der Waals surface area (Å²) in [6, 6.07) is 0. The fraction of sp³-hybridized carbons (Fsp3) is 0.889. The first kappa shape index (κ1) is 11.8. The van der Waals surface area contributed by atoms with E-state index in [1.54, 1.807) is 11.8 Å². The van der Waals surface area contributed by atoms with Crippen LogP contribution in [0.25, 0.3) is 0 Å². The molecule has 4 nitrogen and oxygen atoms in total. The Labute approximate surface area is 88.6 Å². The number of hydrogen-bond acceptors (Lipinski definition) is 4. The maximum Gasteiger partial charge on any atom is 0.304 e. The van der Waals surface area contributed by atoms with Gasteiger partial charge in [-0.3, -0.25) is 4.79 Å². The number of morpholine rings is 1. The van der Waals surface area contributed by atoms with Gasteiger partial charge in [0.2, 0.25) is 0 Å². The first-order chi connectivity index (χ1) is 6.68. The standard InChI is InChI=1S/C9H17NO3S/c1-10-3-4-13-8(6-10)7-14-5-2-9(11)12/h8H,2-7H2,1H3,(H,11,12). The third kappa shape index (κ3) is 4.83. The smallest absolute Gasteiger partial charge is 0.304 e. The Morgan fingerprint density at radius 2 is 2.50 bits per heavy atom. The molecule has 1 heterocycles. The summed E-state index contributed by atoms with van der Waals surface area (Å²) >= 11 is 1.66. The Hall–Kier alpha value is -0.260. The van der Waals surface area contributed by atoms with Crippen molar-refractivity contribution in [2.75, 3.05) is 38.2 Å². The molecule has 1 N–H and O–H groups in total. The molecule has 1 rings (SSSR count). The van der Waals surface area contributed by atoms with Crippen LogP contribution in [0.3, 0.4) is 0 Å². The normalized spacial score (nSPS) is 23.6. The predicted octanol–water partition coefficient (Wildman–Crippen LogP) is 0.525. The molecule has 1 unspecified atom stereocenters. The molecule has 14 heavy (non-hydrogen) atoms. The van der Waals surface area contributed by atoms with Crippen LogP contribution in [0, 0.1) is 0 Å². The first-order valence-corrected chi connectivity index (χ1v) is 5.93. The fourth-order valence-electron chi connectivity index (χ4n) is 1.34. The lowest BCUT2D eigenvalue weighted by Gasteiger charge is -2.29. The highest BCUT2D eigenvalue weighted by Gasteiger charge is 2.17. The van der Waals surface area contributed by atoms with Gasteiger partial charge >= 0.3 is 5.97 Å². The van der Waals surface area contributed by atoms with Crippen molar-refractivity contribution in [3.63, 3.8) is 0 Å². The minimum absolute atomic E-state index is 0.243. The molecule has 0 amide bonds. The third-order valence-corrected chi connectivity index (χ3v) is 3.21. The van der Waals surface area contributed by atoms with Crippen LogP contribution in [-0.2, 0) is 9.53 Å². The van der Waals surface area contributed by atoms with E-state index in [-0.39, 0.29) is 12.5 Å². The molecule has 1 aliphatic rings. The lowest BCUT2D eigenvalue weighted by molar-refractivity contribution is -0.136. The van der Waals surface area contributed by atoms with Crippen molar-refractivity contribution in [1.29, 1.82) is 0 Å². The second-order valence-corrected chi connectivity index (χ2v) is 4.62. The quantitative estimate of drug-likeness (QED) is 0.683. The summed E-state index contributed by atoms with van der Waals surface area (Å²) in [5.41, 5.74) is 0. The number of nitrogens with zero attached hydrogens (tertiary/aromatic N) is 1. The zero-order valence-electron chi connectivity index (χ0n) is 8.44. The van der Waals surface area contributed by atoms with Crippen molar-refractivity contribution in [3.8, 4) is 0 Å². The monoisotopic (exact) mass is 219 g/mol. The van der Waals surface area contributed by atoms with Gasteiger partial charge in [-0.1, -0.05) is 0 Å². The highest BCUT2D eigenvalue weighted by Crippen LogP contribution is 2.11. The van der Waals surface area contributed by atoms with E-state index in [0.717, 1.165) is 25.4 Å². The van der Waals surface area contributed by atoms with Gasteiger partial charge in [0, 0.05) is 24.6 Å². The van der Waals surface area contributed by atoms with E-state index in [1.165, 1.54) is 0 Å². The SMILES string of the molecule is CN1CCOC(CSCCC(=O)O)C1. The fourth-order valence-corrected chi connectivity index (χ4v) is 2.29. The van der Waals surface area contributed by atoms with Crippen molar-refractivity contribution >= 4 is 17.7 Å². The molecule has 82 valence electrons. The number of carboxylic acid groups (broad SMARTS) is 1. The van der Waals surface area contributed by atoms with E-state index in [1.807, 2.05) is 0 Å². The van der Waals surface area contributed by atoms with Crippen molar-refractivity contribution in [3.05, 3.63) is 0 Å². The average molecular weight is 219 g/mol. The number of likely N-dealkylation sites (N-methyl/N-ethyl adjacent to an activating group) is 1. The van der Waals surface area contributed by atoms with Crippen molar-refractivity contribution in [2.24, 2.45) is 0 Å². The van der Waals surface area contributed by atoms with E-state index < -0.39 is 5.97 Å². The third-order valence-electron chi connectivity index (χ3n) is 2.11. The minimum Gasteiger partial charge on any atom is -0.481 e. The lowest BCUT2D eigenvalue weighted by atomic mass is 10.3. The van der Waals surface area contributed by atoms with Crippen LogP contribution in [0.15, 0.2) is 0 Å². The number of hydrogen-bond donors (Lipinski definition) is 1. The van der Waals surface area contributed by atoms with Gasteiger partial charge in [-0.05, 0) is 7.05 Å². The number of thioether (sulfide) groups is 1. The molecule has 1 saturated heterocycles. The number of rotatable bonds is 5. The lowest BCUT2D eigenvalue weighted by Crippen LogP contribution is -2.41. The van der Waals surface area contributed by atoms with Crippen molar-refractivity contribution in [2.45, 2.75) is 12.5 Å². The highest BCUT2D eigenvalue weighted by molar-refractivity contribution is 7.99. The summed E-state index contributed by atoms with van der Waals surface area (Å²) < 4.78 is 5.55. The Bertz CT molecular complexity index is 189. The molecule has 0 aromatic rings. The van der Waals surface area contributed by atoms with E-state index >= 15 is 0 Å². The van der Waals surface area contributed by atoms with Gasteiger partial charge in [0.1, 0.15) is 0 Å². The largest absolute Gasteiger partial charge is 0.481 e. The maximum atomic E-state index is 10.2. The predicted molar refractivity (Wildman–Crippen MR) is 56.8 cm³/mol. The zero-order chi connectivity index (χ0) is 10.4. The minimum atomic E-state index is -0.723. The molecule has 5 heteroatoms. The topological polar surface area (TPSA) is 49.8 Å². The Balaban J connectivity index is 2.03. The molecule has 1 atom stereocenters. The Morgan fingerprint density at radius 1 is 1.71 bits per heavy atom. The van der Waals surface area contributed by atoms with Crippen LogP contribution in [0.5, 0.6) is 0 Å². The zero-order valence-corrected chi connectivity index (χ0v) is 9.26. The summed E-state index contributed by atoms with van der Waals surface area (Å²) in [5.74, 6) is 0.857. The summed E-state index contributed by atoms with van der Waals surface area (Å²) in [6.07, 6.45) is 0.514. The average Bonchev–Trinajstić information content (AvgIpc) is 2.12. The van der Waals surface area contributed by atoms with Gasteiger partial charge in [-0.15, -0.1) is 0 Å². The van der Waals surface area contributed by atoms with Gasteiger partial charge in [0.25, 0.3) is 0 Å². The summed E-state index contributed by atoms with van der Waals surface area (Å²) in [6.45, 7) is 2.75. The molecule has 0 saturated carbocycles. The van der Waals surface area contributed by atoms with Gasteiger partial charge in [0.05, 0.1) is 19.1 Å². The van der Waals surface area contributed by atoms with Crippen LogP contribution in [0.4, 0.5) is 0 Å². The molecule has 1 aliphatic heterocycles. The maximum absolute atomic E-state index is 10.2. The van der Waals surface area contributed by atoms with Gasteiger partial charge in [-0.2, -0.15) is 11.8 Å². The van der Waals surface area contributed by atoms with Crippen LogP contribution in [0.2, 0.25) is 0 Å². The van der Waals surface area contributed by atoms with E-state index in [0.29, 0.717) is 5.75 Å². The summed E-state index contributed by atoms with van der Waals surface area (Å²) in [4.78, 5) is 12.5. The van der Waals surface area contributed by atoms with Crippen LogP contribution >= 0.6 is 11.8 Å². The van der Waals surface area contributed by atoms with Gasteiger partial charge in [-0.25, -0.2) is 0 Å². The van der Waals surface area contributed by atoms with E-state index in [9.17, 15) is 4.79 Å². The molecule has 0 aliphatic carbocycles. The summed E-state index contributed by atoms with van der Waals surface area (Å²) in [7, 11) is 2.08. The Kier molecular flexibility index (Phi) is 5.29. The molecule has 0 spiro atoms. The van der Waals surface area contributed by atoms with Gasteiger partial charge < -0.3 is 14.7 Å². The summed E-state index contributed by atoms with van der Waals surface area (Å²) in [5, 5.41) is 8.44. The molecule has 0 aromatic carbocycles. The molecule has 0 aromatic heterocycles. The number of carbonyl (C=O) groups is 1. The van der Waals surface area contributed by atoms with Crippen LogP contribution < -0.4 is 0 Å². The second kappa shape index (κ2) is 6.27. The van der Waals surface area contributed by atoms with Crippen LogP contribution in [0.1, 0.15) is 6.42 Å². The molecule has 0 bridgehead atoms. The Morgan fingerprint density at radius 3 is 3.14 bits per heavy atom. The number of carboxylic acids is 1. The van der Waals surface area contributed by atoms with E-state index in [4.69, 9.17) is 9.84 Å². The van der Waals surface area contributed by atoms with Crippen molar-refractivity contribution < 1.29 is 14.6 Å². The second-order valence-electron chi connectivity index (χ2n) is 3.47. The van der Waals surface area contributed by atoms with Crippen LogP contribution in [-0.4, -0.2) is 60.3 Å². The van der Waals surface area contributed by atoms with Crippen molar-refractivity contribution in [1.82, 2.24) is 4.90 Å². The molecule has 1 fully saturated rings. The van der Waals surface area contributed by atoms with Gasteiger partial charge in [0.15, 0.2) is 0 Å². The number of aliphatic carboxylic acids is 1.